The van der Waals surface area contributed by atoms with E-state index in [1.165, 1.54) is 31.0 Å². The third-order valence-electron chi connectivity index (χ3n) is 4.49. The maximum atomic E-state index is 12.2. The van der Waals surface area contributed by atoms with Crippen molar-refractivity contribution in [2.45, 2.75) is 26.2 Å². The molecule has 0 atom stereocenters. The number of hydrogen-bond acceptors (Lipinski definition) is 3. The Bertz CT molecular complexity index is 747. The van der Waals surface area contributed by atoms with Crippen molar-refractivity contribution < 1.29 is 9.53 Å². The van der Waals surface area contributed by atoms with Gasteiger partial charge in [-0.05, 0) is 62.6 Å². The molecular formula is C22H26N2O2. The van der Waals surface area contributed by atoms with Gasteiger partial charge < -0.3 is 15.0 Å². The summed E-state index contributed by atoms with van der Waals surface area (Å²) < 4.78 is 5.57. The zero-order valence-corrected chi connectivity index (χ0v) is 15.3. The van der Waals surface area contributed by atoms with Crippen LogP contribution in [0.4, 0.5) is 11.4 Å². The molecule has 4 nitrogen and oxygen atoms in total. The van der Waals surface area contributed by atoms with Gasteiger partial charge in [-0.15, -0.1) is 0 Å². The Hall–Kier alpha value is -2.75. The summed E-state index contributed by atoms with van der Waals surface area (Å²) in [6, 6.07) is 15.8. The lowest BCUT2D eigenvalue weighted by molar-refractivity contribution is -0.111. The van der Waals surface area contributed by atoms with Crippen LogP contribution in [0.5, 0.6) is 5.75 Å². The second-order valence-electron chi connectivity index (χ2n) is 6.39. The first-order valence-electron chi connectivity index (χ1n) is 9.32. The first-order valence-corrected chi connectivity index (χ1v) is 9.32. The minimum atomic E-state index is -0.151. The van der Waals surface area contributed by atoms with Crippen molar-refractivity contribution in [2.75, 3.05) is 29.9 Å². The highest BCUT2D eigenvalue weighted by molar-refractivity contribution is 6.02. The number of hydrogen-bond donors (Lipinski definition) is 1. The van der Waals surface area contributed by atoms with Crippen LogP contribution in [-0.2, 0) is 4.79 Å². The van der Waals surface area contributed by atoms with E-state index in [1.807, 2.05) is 43.3 Å². The minimum Gasteiger partial charge on any atom is -0.493 e. The van der Waals surface area contributed by atoms with Gasteiger partial charge in [-0.2, -0.15) is 0 Å². The number of nitrogens with zero attached hydrogens (tertiary/aromatic N) is 1. The smallest absolute Gasteiger partial charge is 0.248 e. The molecule has 1 heterocycles. The Morgan fingerprint density at radius 3 is 2.54 bits per heavy atom. The molecule has 1 fully saturated rings. The first-order chi connectivity index (χ1) is 12.8. The number of ether oxygens (including phenoxy) is 1. The molecule has 1 aliphatic heterocycles. The largest absolute Gasteiger partial charge is 0.493 e. The summed E-state index contributed by atoms with van der Waals surface area (Å²) in [6.07, 6.45) is 7.15. The van der Waals surface area contributed by atoms with E-state index in [0.717, 1.165) is 30.1 Å². The van der Waals surface area contributed by atoms with Gasteiger partial charge in [0.25, 0.3) is 0 Å². The molecule has 0 aromatic heterocycles. The average molecular weight is 350 g/mol. The number of rotatable bonds is 6. The van der Waals surface area contributed by atoms with Crippen LogP contribution < -0.4 is 15.0 Å². The molecule has 1 aliphatic rings. The Labute approximate surface area is 155 Å². The molecule has 0 saturated carbocycles. The summed E-state index contributed by atoms with van der Waals surface area (Å²) in [5.41, 5.74) is 2.92. The summed E-state index contributed by atoms with van der Waals surface area (Å²) in [5, 5.41) is 2.91. The Morgan fingerprint density at radius 2 is 1.81 bits per heavy atom. The maximum Gasteiger partial charge on any atom is 0.248 e. The molecular weight excluding hydrogens is 324 g/mol. The number of amides is 1. The molecule has 1 amide bonds. The van der Waals surface area contributed by atoms with E-state index >= 15 is 0 Å². The molecule has 0 aliphatic carbocycles. The zero-order valence-electron chi connectivity index (χ0n) is 15.3. The van der Waals surface area contributed by atoms with E-state index in [1.54, 1.807) is 6.08 Å². The van der Waals surface area contributed by atoms with Gasteiger partial charge in [0.1, 0.15) is 5.75 Å². The van der Waals surface area contributed by atoms with Crippen molar-refractivity contribution >= 4 is 23.4 Å². The van der Waals surface area contributed by atoms with Gasteiger partial charge in [0.05, 0.1) is 6.61 Å². The van der Waals surface area contributed by atoms with Gasteiger partial charge in [-0.3, -0.25) is 4.79 Å². The second-order valence-corrected chi connectivity index (χ2v) is 6.39. The van der Waals surface area contributed by atoms with E-state index in [-0.39, 0.29) is 5.91 Å². The molecule has 0 radical (unpaired) electrons. The number of nitrogens with one attached hydrogen (secondary N) is 1. The SMILES string of the molecule is CCOc1ccccc1/C=C/C(=O)Nc1ccc(N2CCCCC2)cc1. The van der Waals surface area contributed by atoms with Gasteiger partial charge in [0, 0.05) is 36.1 Å². The summed E-state index contributed by atoms with van der Waals surface area (Å²) in [5.74, 6) is 0.631. The quantitative estimate of drug-likeness (QED) is 0.766. The van der Waals surface area contributed by atoms with Gasteiger partial charge in [-0.25, -0.2) is 0 Å². The standard InChI is InChI=1S/C22H26N2O2/c1-2-26-21-9-5-4-8-18(21)10-15-22(25)23-19-11-13-20(14-12-19)24-16-6-3-7-17-24/h4-5,8-15H,2-3,6-7,16-17H2,1H3,(H,23,25)/b15-10+. The van der Waals surface area contributed by atoms with Gasteiger partial charge >= 0.3 is 0 Å². The normalized spacial score (nSPS) is 14.4. The van der Waals surface area contributed by atoms with Crippen LogP contribution in [-0.4, -0.2) is 25.6 Å². The van der Waals surface area contributed by atoms with Crippen molar-refractivity contribution in [3.8, 4) is 5.75 Å². The fraction of sp³-hybridized carbons (Fsp3) is 0.318. The van der Waals surface area contributed by atoms with Crippen molar-refractivity contribution in [1.82, 2.24) is 0 Å². The molecule has 0 bridgehead atoms. The summed E-state index contributed by atoms with van der Waals surface area (Å²) >= 11 is 0. The Balaban J connectivity index is 1.59. The summed E-state index contributed by atoms with van der Waals surface area (Å²) in [7, 11) is 0. The van der Waals surface area contributed by atoms with E-state index in [9.17, 15) is 4.79 Å². The second kappa shape index (κ2) is 9.09. The lowest BCUT2D eigenvalue weighted by Crippen LogP contribution is -2.29. The van der Waals surface area contributed by atoms with Crippen LogP contribution in [0.3, 0.4) is 0 Å². The molecule has 1 saturated heterocycles. The Morgan fingerprint density at radius 1 is 1.08 bits per heavy atom. The molecule has 4 heteroatoms. The van der Waals surface area contributed by atoms with E-state index < -0.39 is 0 Å². The lowest BCUT2D eigenvalue weighted by atomic mass is 10.1. The van der Waals surface area contributed by atoms with E-state index in [2.05, 4.69) is 22.3 Å². The van der Waals surface area contributed by atoms with E-state index in [0.29, 0.717) is 6.61 Å². The molecule has 1 N–H and O–H groups in total. The number of benzene rings is 2. The highest BCUT2D eigenvalue weighted by Crippen LogP contribution is 2.22. The molecule has 26 heavy (non-hydrogen) atoms. The molecule has 136 valence electrons. The number of anilines is 2. The third-order valence-corrected chi connectivity index (χ3v) is 4.49. The molecule has 3 rings (SSSR count). The van der Waals surface area contributed by atoms with Gasteiger partial charge in [0.15, 0.2) is 0 Å². The molecule has 2 aromatic rings. The zero-order chi connectivity index (χ0) is 18.2. The minimum absolute atomic E-state index is 0.151. The number of carbonyl (C=O) groups is 1. The highest BCUT2D eigenvalue weighted by Gasteiger charge is 2.10. The van der Waals surface area contributed by atoms with Crippen molar-refractivity contribution in [1.29, 1.82) is 0 Å². The molecule has 2 aromatic carbocycles. The van der Waals surface area contributed by atoms with Gasteiger partial charge in [0.2, 0.25) is 5.91 Å². The average Bonchev–Trinajstić information content (AvgIpc) is 2.69. The van der Waals surface area contributed by atoms with Crippen LogP contribution >= 0.6 is 0 Å². The summed E-state index contributed by atoms with van der Waals surface area (Å²) in [6.45, 7) is 4.78. The van der Waals surface area contributed by atoms with E-state index in [4.69, 9.17) is 4.74 Å². The number of piperidine rings is 1. The maximum absolute atomic E-state index is 12.2. The predicted molar refractivity (Wildman–Crippen MR) is 108 cm³/mol. The lowest BCUT2D eigenvalue weighted by Gasteiger charge is -2.28. The van der Waals surface area contributed by atoms with Crippen LogP contribution in [0, 0.1) is 0 Å². The fourth-order valence-electron chi connectivity index (χ4n) is 3.16. The first kappa shape index (κ1) is 18.1. The van der Waals surface area contributed by atoms with Crippen molar-refractivity contribution in [2.24, 2.45) is 0 Å². The van der Waals surface area contributed by atoms with Crippen LogP contribution in [0.25, 0.3) is 6.08 Å². The summed E-state index contributed by atoms with van der Waals surface area (Å²) in [4.78, 5) is 14.6. The predicted octanol–water partition coefficient (Wildman–Crippen LogP) is 4.73. The highest BCUT2D eigenvalue weighted by atomic mass is 16.5. The Kier molecular flexibility index (Phi) is 6.31. The van der Waals surface area contributed by atoms with Crippen LogP contribution in [0.1, 0.15) is 31.7 Å². The van der Waals surface area contributed by atoms with Crippen molar-refractivity contribution in [3.05, 3.63) is 60.2 Å². The van der Waals surface area contributed by atoms with Gasteiger partial charge in [-0.1, -0.05) is 18.2 Å². The topological polar surface area (TPSA) is 41.6 Å². The van der Waals surface area contributed by atoms with Crippen LogP contribution in [0.15, 0.2) is 54.6 Å². The molecule has 0 spiro atoms. The van der Waals surface area contributed by atoms with Crippen LogP contribution in [0.2, 0.25) is 0 Å². The third kappa shape index (κ3) is 4.88. The fourth-order valence-corrected chi connectivity index (χ4v) is 3.16. The van der Waals surface area contributed by atoms with Crippen molar-refractivity contribution in [3.63, 3.8) is 0 Å². The monoisotopic (exact) mass is 350 g/mol. The number of carbonyl (C=O) groups excluding carboxylic acids is 1. The molecule has 0 unspecified atom stereocenters. The number of para-hydroxylation sites is 1.